The normalized spacial score (nSPS) is 17.8. The highest BCUT2D eigenvalue weighted by atomic mass is 79.9. The molecule has 1 aromatic carbocycles. The van der Waals surface area contributed by atoms with Crippen molar-refractivity contribution in [2.75, 3.05) is 0 Å². The van der Waals surface area contributed by atoms with Crippen LogP contribution in [0, 0.1) is 0 Å². The maximum atomic E-state index is 11.0. The number of carboxylic acid groups (broad SMARTS) is 1. The minimum Gasteiger partial charge on any atom is -0.480 e. The molecule has 0 aliphatic carbocycles. The van der Waals surface area contributed by atoms with Crippen LogP contribution in [0.25, 0.3) is 0 Å². The second-order valence-electron chi connectivity index (χ2n) is 4.87. The zero-order chi connectivity index (χ0) is 14.1. The van der Waals surface area contributed by atoms with Crippen molar-refractivity contribution in [3.05, 3.63) is 52.0 Å². The van der Waals surface area contributed by atoms with Gasteiger partial charge in [-0.1, -0.05) is 28.1 Å². The van der Waals surface area contributed by atoms with E-state index in [1.165, 1.54) is 5.56 Å². The van der Waals surface area contributed by atoms with Crippen molar-refractivity contribution < 1.29 is 9.90 Å². The Hall–Kier alpha value is -1.66. The van der Waals surface area contributed by atoms with Crippen molar-refractivity contribution >= 4 is 21.9 Å². The van der Waals surface area contributed by atoms with Gasteiger partial charge in [0.25, 0.3) is 0 Å². The fourth-order valence-corrected chi connectivity index (χ4v) is 2.67. The van der Waals surface area contributed by atoms with E-state index in [4.69, 9.17) is 5.11 Å². The van der Waals surface area contributed by atoms with Gasteiger partial charge in [0.1, 0.15) is 6.04 Å². The lowest BCUT2D eigenvalue weighted by atomic mass is 10.1. The quantitative estimate of drug-likeness (QED) is 0.897. The number of hydrogen-bond acceptors (Lipinski definition) is 3. The minimum atomic E-state index is -0.821. The molecule has 0 amide bonds. The van der Waals surface area contributed by atoms with Crippen molar-refractivity contribution in [1.82, 2.24) is 14.9 Å². The fraction of sp³-hybridized carbons (Fsp3) is 0.286. The maximum Gasteiger partial charge on any atom is 0.321 e. The van der Waals surface area contributed by atoms with E-state index in [0.717, 1.165) is 22.4 Å². The molecule has 0 spiro atoms. The van der Waals surface area contributed by atoms with Crippen LogP contribution in [0.3, 0.4) is 0 Å². The number of nitrogens with one attached hydrogen (secondary N) is 1. The van der Waals surface area contributed by atoms with Crippen LogP contribution in [-0.4, -0.2) is 26.7 Å². The van der Waals surface area contributed by atoms with Crippen LogP contribution in [0.2, 0.25) is 0 Å². The summed E-state index contributed by atoms with van der Waals surface area (Å²) >= 11 is 3.42. The molecule has 3 rings (SSSR count). The molecule has 1 aliphatic heterocycles. The average molecular weight is 336 g/mol. The summed E-state index contributed by atoms with van der Waals surface area (Å²) in [4.78, 5) is 15.3. The van der Waals surface area contributed by atoms with Gasteiger partial charge >= 0.3 is 5.97 Å². The number of fused-ring (bicyclic) bond motifs is 1. The summed E-state index contributed by atoms with van der Waals surface area (Å²) in [5.41, 5.74) is 3.15. The maximum absolute atomic E-state index is 11.0. The summed E-state index contributed by atoms with van der Waals surface area (Å²) in [5.74, 6) is -0.821. The SMILES string of the molecule is O=C(O)C1Cc2ncn(Cc3ccc(Br)cc3)c2CN1. The van der Waals surface area contributed by atoms with Gasteiger partial charge < -0.3 is 9.67 Å². The van der Waals surface area contributed by atoms with Crippen molar-refractivity contribution in [2.24, 2.45) is 0 Å². The Morgan fingerprint density at radius 2 is 2.20 bits per heavy atom. The lowest BCUT2D eigenvalue weighted by molar-refractivity contribution is -0.139. The molecule has 1 aliphatic rings. The Kier molecular flexibility index (Phi) is 3.58. The highest BCUT2D eigenvalue weighted by molar-refractivity contribution is 9.10. The lowest BCUT2D eigenvalue weighted by Crippen LogP contribution is -2.42. The van der Waals surface area contributed by atoms with Crippen LogP contribution in [0.1, 0.15) is 17.0 Å². The molecular formula is C14H14BrN3O2. The number of halogens is 1. The fourth-order valence-electron chi connectivity index (χ4n) is 2.41. The van der Waals surface area contributed by atoms with Crippen molar-refractivity contribution in [2.45, 2.75) is 25.6 Å². The molecule has 0 fully saturated rings. The Balaban J connectivity index is 1.80. The minimum absolute atomic E-state index is 0.442. The van der Waals surface area contributed by atoms with Gasteiger partial charge in [0.15, 0.2) is 0 Å². The number of carboxylic acids is 1. The molecule has 0 radical (unpaired) electrons. The van der Waals surface area contributed by atoms with E-state index in [1.54, 1.807) is 6.33 Å². The van der Waals surface area contributed by atoms with Gasteiger partial charge in [-0.05, 0) is 17.7 Å². The van der Waals surface area contributed by atoms with E-state index in [1.807, 2.05) is 12.1 Å². The number of hydrogen-bond donors (Lipinski definition) is 2. The van der Waals surface area contributed by atoms with Gasteiger partial charge in [0, 0.05) is 24.0 Å². The largest absolute Gasteiger partial charge is 0.480 e. The molecule has 2 heterocycles. The molecule has 0 bridgehead atoms. The second kappa shape index (κ2) is 5.38. The summed E-state index contributed by atoms with van der Waals surface area (Å²) in [7, 11) is 0. The molecule has 1 aromatic heterocycles. The molecule has 0 saturated heterocycles. The van der Waals surface area contributed by atoms with Gasteiger partial charge in [0.2, 0.25) is 0 Å². The number of carbonyl (C=O) groups is 1. The molecule has 6 heteroatoms. The van der Waals surface area contributed by atoms with E-state index >= 15 is 0 Å². The Bertz CT molecular complexity index is 636. The highest BCUT2D eigenvalue weighted by Crippen LogP contribution is 2.18. The zero-order valence-corrected chi connectivity index (χ0v) is 12.3. The molecule has 1 unspecified atom stereocenters. The third kappa shape index (κ3) is 2.62. The monoisotopic (exact) mass is 335 g/mol. The van der Waals surface area contributed by atoms with Crippen molar-refractivity contribution in [3.63, 3.8) is 0 Å². The Morgan fingerprint density at radius 3 is 2.90 bits per heavy atom. The summed E-state index contributed by atoms with van der Waals surface area (Å²) < 4.78 is 3.13. The van der Waals surface area contributed by atoms with Crippen LogP contribution >= 0.6 is 15.9 Å². The number of aliphatic carboxylic acids is 1. The van der Waals surface area contributed by atoms with E-state index in [-0.39, 0.29) is 0 Å². The predicted octanol–water partition coefficient (Wildman–Crippen LogP) is 1.79. The molecule has 20 heavy (non-hydrogen) atoms. The standard InChI is InChI=1S/C14H14BrN3O2/c15-10-3-1-9(2-4-10)7-18-8-17-11-5-12(14(19)20)16-6-13(11)18/h1-4,8,12,16H,5-7H2,(H,19,20). The average Bonchev–Trinajstić information content (AvgIpc) is 2.84. The van der Waals surface area contributed by atoms with Crippen LogP contribution in [0.4, 0.5) is 0 Å². The van der Waals surface area contributed by atoms with Crippen LogP contribution in [0.15, 0.2) is 35.1 Å². The summed E-state index contributed by atoms with van der Waals surface area (Å²) in [6.07, 6.45) is 2.23. The van der Waals surface area contributed by atoms with Crippen molar-refractivity contribution in [1.29, 1.82) is 0 Å². The third-order valence-electron chi connectivity index (χ3n) is 3.51. The van der Waals surface area contributed by atoms with E-state index in [9.17, 15) is 4.79 Å². The van der Waals surface area contributed by atoms with Gasteiger partial charge in [-0.15, -0.1) is 0 Å². The Labute approximate surface area is 124 Å². The van der Waals surface area contributed by atoms with Crippen LogP contribution in [-0.2, 0) is 24.3 Å². The third-order valence-corrected chi connectivity index (χ3v) is 4.04. The number of rotatable bonds is 3. The van der Waals surface area contributed by atoms with Gasteiger partial charge in [-0.2, -0.15) is 0 Å². The number of aromatic nitrogens is 2. The molecule has 5 nitrogen and oxygen atoms in total. The number of imidazole rings is 1. The van der Waals surface area contributed by atoms with E-state index < -0.39 is 12.0 Å². The molecule has 1 atom stereocenters. The van der Waals surface area contributed by atoms with Crippen LogP contribution in [0.5, 0.6) is 0 Å². The van der Waals surface area contributed by atoms with Gasteiger partial charge in [0.05, 0.1) is 17.7 Å². The van der Waals surface area contributed by atoms with Gasteiger partial charge in [-0.25, -0.2) is 4.98 Å². The van der Waals surface area contributed by atoms with E-state index in [2.05, 4.69) is 42.9 Å². The molecular weight excluding hydrogens is 322 g/mol. The number of nitrogens with zero attached hydrogens (tertiary/aromatic N) is 2. The topological polar surface area (TPSA) is 67.1 Å². The first-order chi connectivity index (χ1) is 9.63. The Morgan fingerprint density at radius 1 is 1.45 bits per heavy atom. The second-order valence-corrected chi connectivity index (χ2v) is 5.78. The first-order valence-electron chi connectivity index (χ1n) is 6.37. The smallest absolute Gasteiger partial charge is 0.321 e. The highest BCUT2D eigenvalue weighted by Gasteiger charge is 2.26. The van der Waals surface area contributed by atoms with Crippen LogP contribution < -0.4 is 5.32 Å². The first-order valence-corrected chi connectivity index (χ1v) is 7.16. The molecule has 0 saturated carbocycles. The lowest BCUT2D eigenvalue weighted by Gasteiger charge is -2.21. The molecule has 2 N–H and O–H groups in total. The van der Waals surface area contributed by atoms with E-state index in [0.29, 0.717) is 13.0 Å². The first kappa shape index (κ1) is 13.3. The zero-order valence-electron chi connectivity index (χ0n) is 10.7. The summed E-state index contributed by atoms with van der Waals surface area (Å²) in [6.45, 7) is 1.29. The van der Waals surface area contributed by atoms with Gasteiger partial charge in [-0.3, -0.25) is 10.1 Å². The summed E-state index contributed by atoms with van der Waals surface area (Å²) in [6, 6.07) is 7.62. The number of benzene rings is 1. The molecule has 104 valence electrons. The molecule has 2 aromatic rings. The van der Waals surface area contributed by atoms with Crippen molar-refractivity contribution in [3.8, 4) is 0 Å². The summed E-state index contributed by atoms with van der Waals surface area (Å²) in [5, 5.41) is 12.1. The predicted molar refractivity (Wildman–Crippen MR) is 77.4 cm³/mol.